The number of nitrogens with zero attached hydrogens (tertiary/aromatic N) is 3. The van der Waals surface area contributed by atoms with Crippen molar-refractivity contribution in [2.45, 2.75) is 57.4 Å². The molecule has 4 bridgehead atoms. The van der Waals surface area contributed by atoms with Crippen LogP contribution in [0.1, 0.15) is 62.2 Å². The van der Waals surface area contributed by atoms with Gasteiger partial charge < -0.3 is 9.88 Å². The minimum Gasteiger partial charge on any atom is -0.346 e. The number of carbonyl (C=O) groups excluding carboxylic acids is 1. The molecule has 0 aromatic carbocycles. The first kappa shape index (κ1) is 14.6. The van der Waals surface area contributed by atoms with Crippen molar-refractivity contribution in [3.8, 4) is 0 Å². The zero-order valence-corrected chi connectivity index (χ0v) is 14.6. The molecule has 4 saturated carbocycles. The van der Waals surface area contributed by atoms with Gasteiger partial charge in [-0.15, -0.1) is 0 Å². The molecule has 24 heavy (non-hydrogen) atoms. The molecule has 2 aromatic heterocycles. The zero-order valence-electron chi connectivity index (χ0n) is 14.6. The number of rotatable bonds is 3. The Balaban J connectivity index is 1.47. The molecule has 0 radical (unpaired) electrons. The fourth-order valence-corrected chi connectivity index (χ4v) is 6.53. The van der Waals surface area contributed by atoms with Crippen LogP contribution in [0.25, 0.3) is 5.65 Å². The molecule has 5 heteroatoms. The molecule has 0 unspecified atom stereocenters. The molecule has 2 heterocycles. The lowest BCUT2D eigenvalue weighted by atomic mass is 9.46. The van der Waals surface area contributed by atoms with Crippen molar-refractivity contribution in [2.24, 2.45) is 24.3 Å². The number of aromatic nitrogens is 3. The highest BCUT2D eigenvalue weighted by Crippen LogP contribution is 2.62. The van der Waals surface area contributed by atoms with E-state index in [0.717, 1.165) is 17.5 Å². The largest absolute Gasteiger partial charge is 0.346 e. The lowest BCUT2D eigenvalue weighted by Gasteiger charge is -2.62. The molecule has 2 atom stereocenters. The van der Waals surface area contributed by atoms with Crippen LogP contribution in [0.2, 0.25) is 0 Å². The van der Waals surface area contributed by atoms with Crippen molar-refractivity contribution in [3.63, 3.8) is 0 Å². The van der Waals surface area contributed by atoms with Gasteiger partial charge in [-0.2, -0.15) is 5.10 Å². The third-order valence-corrected chi connectivity index (χ3v) is 7.09. The SMILES string of the molecule is CCC12C[C@@H]3C[C@@H](C1)CC(NC(=O)c1cnn4ccn(C)c14)(C3)C2. The predicted octanol–water partition coefficient (Wildman–Crippen LogP) is 3.15. The van der Waals surface area contributed by atoms with E-state index in [2.05, 4.69) is 17.3 Å². The number of fused-ring (bicyclic) bond motifs is 1. The van der Waals surface area contributed by atoms with Gasteiger partial charge in [-0.1, -0.05) is 13.3 Å². The van der Waals surface area contributed by atoms with E-state index in [0.29, 0.717) is 11.0 Å². The first-order chi connectivity index (χ1) is 11.5. The van der Waals surface area contributed by atoms with Crippen LogP contribution in [0.5, 0.6) is 0 Å². The maximum absolute atomic E-state index is 13.1. The van der Waals surface area contributed by atoms with Gasteiger partial charge in [0.05, 0.1) is 6.20 Å². The lowest BCUT2D eigenvalue weighted by molar-refractivity contribution is -0.0794. The molecular weight excluding hydrogens is 300 g/mol. The number of nitrogens with one attached hydrogen (secondary N) is 1. The fraction of sp³-hybridized carbons (Fsp3) is 0.684. The quantitative estimate of drug-likeness (QED) is 0.942. The van der Waals surface area contributed by atoms with Crippen molar-refractivity contribution in [1.82, 2.24) is 19.5 Å². The normalized spacial score (nSPS) is 37.2. The summed E-state index contributed by atoms with van der Waals surface area (Å²) in [5.41, 5.74) is 2.08. The van der Waals surface area contributed by atoms with Crippen LogP contribution >= 0.6 is 0 Å². The molecule has 0 aliphatic heterocycles. The van der Waals surface area contributed by atoms with E-state index in [1.54, 1.807) is 10.7 Å². The van der Waals surface area contributed by atoms with Gasteiger partial charge in [-0.3, -0.25) is 4.79 Å². The first-order valence-electron chi connectivity index (χ1n) is 9.33. The van der Waals surface area contributed by atoms with Crippen molar-refractivity contribution in [3.05, 3.63) is 24.2 Å². The Bertz CT molecular complexity index is 803. The van der Waals surface area contributed by atoms with Gasteiger partial charge in [0.1, 0.15) is 11.2 Å². The molecule has 2 aromatic rings. The third-order valence-electron chi connectivity index (χ3n) is 7.09. The summed E-state index contributed by atoms with van der Waals surface area (Å²) in [6.07, 6.45) is 14.5. The summed E-state index contributed by atoms with van der Waals surface area (Å²) in [4.78, 5) is 13.1. The molecule has 4 fully saturated rings. The van der Waals surface area contributed by atoms with Crippen molar-refractivity contribution in [2.75, 3.05) is 0 Å². The topological polar surface area (TPSA) is 51.3 Å². The van der Waals surface area contributed by atoms with Crippen LogP contribution in [-0.2, 0) is 7.05 Å². The highest BCUT2D eigenvalue weighted by molar-refractivity contribution is 6.00. The van der Waals surface area contributed by atoms with E-state index in [1.165, 1.54) is 44.9 Å². The van der Waals surface area contributed by atoms with Gasteiger partial charge in [0.15, 0.2) is 0 Å². The molecular formula is C19H26N4O. The van der Waals surface area contributed by atoms with Crippen LogP contribution in [-0.4, -0.2) is 25.6 Å². The Morgan fingerprint density at radius 1 is 1.29 bits per heavy atom. The Labute approximate surface area is 142 Å². The van der Waals surface area contributed by atoms with Gasteiger partial charge in [0, 0.05) is 25.0 Å². The summed E-state index contributed by atoms with van der Waals surface area (Å²) >= 11 is 0. The number of carbonyl (C=O) groups is 1. The maximum atomic E-state index is 13.1. The minimum atomic E-state index is 0.0244. The predicted molar refractivity (Wildman–Crippen MR) is 91.8 cm³/mol. The molecule has 4 aliphatic rings. The molecule has 1 amide bonds. The second-order valence-corrected chi connectivity index (χ2v) is 8.78. The molecule has 4 aliphatic carbocycles. The van der Waals surface area contributed by atoms with E-state index in [-0.39, 0.29) is 11.4 Å². The average Bonchev–Trinajstić information content (AvgIpc) is 3.09. The summed E-state index contributed by atoms with van der Waals surface area (Å²) in [5, 5.41) is 7.81. The number of hydrogen-bond acceptors (Lipinski definition) is 2. The second kappa shape index (κ2) is 4.64. The van der Waals surface area contributed by atoms with Crippen LogP contribution < -0.4 is 5.32 Å². The Morgan fingerprint density at radius 3 is 2.75 bits per heavy atom. The second-order valence-electron chi connectivity index (χ2n) is 8.78. The summed E-state index contributed by atoms with van der Waals surface area (Å²) < 4.78 is 3.75. The van der Waals surface area contributed by atoms with Gasteiger partial charge >= 0.3 is 0 Å². The van der Waals surface area contributed by atoms with Gasteiger partial charge in [-0.25, -0.2) is 4.52 Å². The minimum absolute atomic E-state index is 0.0244. The molecule has 5 nitrogen and oxygen atoms in total. The molecule has 6 rings (SSSR count). The highest BCUT2D eigenvalue weighted by atomic mass is 16.1. The summed E-state index contributed by atoms with van der Waals surface area (Å²) in [6, 6.07) is 0. The smallest absolute Gasteiger partial charge is 0.257 e. The van der Waals surface area contributed by atoms with Crippen LogP contribution in [0, 0.1) is 17.3 Å². The fourth-order valence-electron chi connectivity index (χ4n) is 6.53. The lowest BCUT2D eigenvalue weighted by Crippen LogP contribution is -2.63. The number of imidazole rings is 1. The van der Waals surface area contributed by atoms with Gasteiger partial charge in [0.2, 0.25) is 0 Å². The zero-order chi connectivity index (χ0) is 16.5. The first-order valence-corrected chi connectivity index (χ1v) is 9.33. The van der Waals surface area contributed by atoms with E-state index in [4.69, 9.17) is 0 Å². The number of aryl methyl sites for hydroxylation is 1. The number of amides is 1. The molecule has 128 valence electrons. The van der Waals surface area contributed by atoms with Crippen molar-refractivity contribution < 1.29 is 4.79 Å². The molecule has 0 spiro atoms. The van der Waals surface area contributed by atoms with Crippen molar-refractivity contribution in [1.29, 1.82) is 0 Å². The van der Waals surface area contributed by atoms with Crippen molar-refractivity contribution >= 4 is 11.6 Å². The van der Waals surface area contributed by atoms with E-state index in [9.17, 15) is 4.79 Å². The summed E-state index contributed by atoms with van der Waals surface area (Å²) in [6.45, 7) is 2.34. The summed E-state index contributed by atoms with van der Waals surface area (Å²) in [5.74, 6) is 1.68. The van der Waals surface area contributed by atoms with Crippen LogP contribution in [0.3, 0.4) is 0 Å². The van der Waals surface area contributed by atoms with Gasteiger partial charge in [-0.05, 0) is 55.8 Å². The monoisotopic (exact) mass is 326 g/mol. The average molecular weight is 326 g/mol. The Kier molecular flexibility index (Phi) is 2.82. The highest BCUT2D eigenvalue weighted by Gasteiger charge is 2.57. The van der Waals surface area contributed by atoms with E-state index < -0.39 is 0 Å². The molecule has 1 N–H and O–H groups in total. The third kappa shape index (κ3) is 1.93. The number of hydrogen-bond donors (Lipinski definition) is 1. The maximum Gasteiger partial charge on any atom is 0.257 e. The van der Waals surface area contributed by atoms with Crippen LogP contribution in [0.15, 0.2) is 18.6 Å². The standard InChI is InChI=1S/C19H26N4O/c1-3-18-7-13-6-14(8-18)10-19(9-13,12-18)21-16(24)15-11-20-23-5-4-22(2)17(15)23/h4-5,11,13-14H,3,6-10,12H2,1-2H3,(H,21,24)/t13-,14-,18?,19?/m0/s1. The Morgan fingerprint density at radius 2 is 2.04 bits per heavy atom. The molecule has 0 saturated heterocycles. The van der Waals surface area contributed by atoms with E-state index >= 15 is 0 Å². The summed E-state index contributed by atoms with van der Waals surface area (Å²) in [7, 11) is 1.96. The van der Waals surface area contributed by atoms with E-state index in [1.807, 2.05) is 24.0 Å². The van der Waals surface area contributed by atoms with Crippen LogP contribution in [0.4, 0.5) is 0 Å². The van der Waals surface area contributed by atoms with Gasteiger partial charge in [0.25, 0.3) is 5.91 Å². The Hall–Kier alpha value is -1.78.